The molecule has 1 aromatic carbocycles. The predicted octanol–water partition coefficient (Wildman–Crippen LogP) is 3.19. The number of benzene rings is 1. The van der Waals surface area contributed by atoms with Crippen LogP contribution < -0.4 is 5.73 Å². The molecule has 3 rings (SSSR count). The fraction of sp³-hybridized carbons (Fsp3) is 0.429. The molecule has 106 valence electrons. The zero-order valence-corrected chi connectivity index (χ0v) is 12.6. The van der Waals surface area contributed by atoms with Gasteiger partial charge in [0.15, 0.2) is 5.82 Å². The molecule has 0 spiro atoms. The highest BCUT2D eigenvalue weighted by Crippen LogP contribution is 2.26. The molecule has 1 saturated heterocycles. The Bertz CT molecular complexity index is 594. The summed E-state index contributed by atoms with van der Waals surface area (Å²) < 4.78 is 11.8. The Morgan fingerprint density at radius 1 is 1.35 bits per heavy atom. The van der Waals surface area contributed by atoms with Gasteiger partial charge in [-0.15, -0.1) is 0 Å². The molecule has 2 heterocycles. The van der Waals surface area contributed by atoms with Crippen molar-refractivity contribution in [1.82, 2.24) is 10.1 Å². The number of halogens is 1. The lowest BCUT2D eigenvalue weighted by Gasteiger charge is -2.20. The van der Waals surface area contributed by atoms with Gasteiger partial charge in [0.25, 0.3) is 5.89 Å². The summed E-state index contributed by atoms with van der Waals surface area (Å²) >= 11 is 3.36. The number of anilines is 1. The second kappa shape index (κ2) is 5.93. The maximum Gasteiger partial charge on any atom is 0.257 e. The summed E-state index contributed by atoms with van der Waals surface area (Å²) in [5.74, 6) is 1.18. The quantitative estimate of drug-likeness (QED) is 0.870. The second-order valence-corrected chi connectivity index (χ2v) is 5.80. The average Bonchev–Trinajstić information content (AvgIpc) is 2.91. The zero-order chi connectivity index (χ0) is 13.9. The van der Waals surface area contributed by atoms with Gasteiger partial charge >= 0.3 is 0 Å². The monoisotopic (exact) mass is 337 g/mol. The summed E-state index contributed by atoms with van der Waals surface area (Å²) in [4.78, 5) is 4.42. The minimum atomic E-state index is 0.212. The molecule has 5 nitrogen and oxygen atoms in total. The van der Waals surface area contributed by atoms with Crippen LogP contribution in [0.3, 0.4) is 0 Å². The van der Waals surface area contributed by atoms with Crippen molar-refractivity contribution in [3.05, 3.63) is 28.5 Å². The summed E-state index contributed by atoms with van der Waals surface area (Å²) in [5, 5.41) is 4.02. The Labute approximate surface area is 125 Å². The van der Waals surface area contributed by atoms with E-state index in [1.165, 1.54) is 6.42 Å². The summed E-state index contributed by atoms with van der Waals surface area (Å²) in [5.41, 5.74) is 7.34. The summed E-state index contributed by atoms with van der Waals surface area (Å²) in [7, 11) is 0. The largest absolute Gasteiger partial charge is 0.398 e. The fourth-order valence-corrected chi connectivity index (χ4v) is 2.55. The van der Waals surface area contributed by atoms with Crippen LogP contribution in [0.4, 0.5) is 5.69 Å². The van der Waals surface area contributed by atoms with Crippen LogP contribution in [0.1, 0.15) is 25.1 Å². The lowest BCUT2D eigenvalue weighted by Crippen LogP contribution is -2.21. The van der Waals surface area contributed by atoms with Gasteiger partial charge in [-0.05, 0) is 53.4 Å². The van der Waals surface area contributed by atoms with Gasteiger partial charge in [-0.1, -0.05) is 5.16 Å². The number of nitrogens with zero attached hydrogens (tertiary/aromatic N) is 2. The Hall–Kier alpha value is -1.40. The molecule has 0 radical (unpaired) electrons. The SMILES string of the molecule is Nc1cc(-c2nc(CC3CCCCO3)no2)ccc1Br. The fourth-order valence-electron chi connectivity index (χ4n) is 2.30. The second-order valence-electron chi connectivity index (χ2n) is 4.94. The van der Waals surface area contributed by atoms with Crippen LogP contribution in [0.15, 0.2) is 27.2 Å². The molecule has 1 aliphatic heterocycles. The zero-order valence-electron chi connectivity index (χ0n) is 11.0. The van der Waals surface area contributed by atoms with Crippen molar-refractivity contribution in [2.45, 2.75) is 31.8 Å². The Kier molecular flexibility index (Phi) is 4.03. The van der Waals surface area contributed by atoms with Crippen molar-refractivity contribution < 1.29 is 9.26 Å². The van der Waals surface area contributed by atoms with Crippen molar-refractivity contribution in [1.29, 1.82) is 0 Å². The minimum absolute atomic E-state index is 0.212. The first-order chi connectivity index (χ1) is 9.72. The van der Waals surface area contributed by atoms with E-state index in [0.29, 0.717) is 23.8 Å². The highest BCUT2D eigenvalue weighted by Gasteiger charge is 2.18. The van der Waals surface area contributed by atoms with E-state index >= 15 is 0 Å². The molecule has 1 unspecified atom stereocenters. The molecular formula is C14H16BrN3O2. The number of rotatable bonds is 3. The van der Waals surface area contributed by atoms with Crippen molar-refractivity contribution in [2.75, 3.05) is 12.3 Å². The van der Waals surface area contributed by atoms with Crippen LogP contribution in [0.2, 0.25) is 0 Å². The Balaban J connectivity index is 1.73. The van der Waals surface area contributed by atoms with Crippen molar-refractivity contribution >= 4 is 21.6 Å². The standard InChI is InChI=1S/C14H16BrN3O2/c15-11-5-4-9(7-12(11)16)14-17-13(18-20-14)8-10-3-1-2-6-19-10/h4-5,7,10H,1-3,6,8,16H2. The molecule has 20 heavy (non-hydrogen) atoms. The maximum atomic E-state index is 5.86. The van der Waals surface area contributed by atoms with E-state index in [1.807, 2.05) is 18.2 Å². The molecule has 1 atom stereocenters. The lowest BCUT2D eigenvalue weighted by molar-refractivity contribution is 0.0153. The van der Waals surface area contributed by atoms with Gasteiger partial charge in [0.2, 0.25) is 0 Å². The predicted molar refractivity (Wildman–Crippen MR) is 79.1 cm³/mol. The molecule has 6 heteroatoms. The van der Waals surface area contributed by atoms with Gasteiger partial charge in [-0.3, -0.25) is 0 Å². The summed E-state index contributed by atoms with van der Waals surface area (Å²) in [6.45, 7) is 0.832. The van der Waals surface area contributed by atoms with Gasteiger partial charge < -0.3 is 15.0 Å². The van der Waals surface area contributed by atoms with E-state index in [4.69, 9.17) is 15.0 Å². The van der Waals surface area contributed by atoms with Crippen molar-refractivity contribution in [3.8, 4) is 11.5 Å². The normalized spacial score (nSPS) is 19.1. The van der Waals surface area contributed by atoms with Crippen LogP contribution >= 0.6 is 15.9 Å². The van der Waals surface area contributed by atoms with E-state index in [2.05, 4.69) is 26.1 Å². The third-order valence-corrected chi connectivity index (χ3v) is 4.12. The molecule has 2 aromatic rings. The van der Waals surface area contributed by atoms with Gasteiger partial charge in [0.05, 0.1) is 6.10 Å². The van der Waals surface area contributed by atoms with Crippen LogP contribution in [0.5, 0.6) is 0 Å². The molecule has 0 saturated carbocycles. The third-order valence-electron chi connectivity index (χ3n) is 3.40. The van der Waals surface area contributed by atoms with E-state index in [1.54, 1.807) is 0 Å². The average molecular weight is 338 g/mol. The number of ether oxygens (including phenoxy) is 1. The number of nitrogen functional groups attached to an aromatic ring is 1. The van der Waals surface area contributed by atoms with Crippen molar-refractivity contribution in [2.24, 2.45) is 0 Å². The highest BCUT2D eigenvalue weighted by molar-refractivity contribution is 9.10. The van der Waals surface area contributed by atoms with Crippen LogP contribution in [0, 0.1) is 0 Å². The molecule has 1 aliphatic rings. The van der Waals surface area contributed by atoms with E-state index in [-0.39, 0.29) is 6.10 Å². The van der Waals surface area contributed by atoms with Gasteiger partial charge in [0.1, 0.15) is 0 Å². The number of hydrogen-bond donors (Lipinski definition) is 1. The molecular weight excluding hydrogens is 322 g/mol. The van der Waals surface area contributed by atoms with Gasteiger partial charge in [-0.25, -0.2) is 0 Å². The Morgan fingerprint density at radius 2 is 2.25 bits per heavy atom. The first-order valence-corrected chi connectivity index (χ1v) is 7.51. The number of nitrogens with two attached hydrogens (primary N) is 1. The van der Waals surface area contributed by atoms with Crippen LogP contribution in [-0.2, 0) is 11.2 Å². The highest BCUT2D eigenvalue weighted by atomic mass is 79.9. The summed E-state index contributed by atoms with van der Waals surface area (Å²) in [6, 6.07) is 5.59. The molecule has 0 amide bonds. The maximum absolute atomic E-state index is 5.86. The van der Waals surface area contributed by atoms with Gasteiger partial charge in [-0.2, -0.15) is 4.98 Å². The molecule has 0 bridgehead atoms. The van der Waals surface area contributed by atoms with Crippen LogP contribution in [-0.4, -0.2) is 22.9 Å². The Morgan fingerprint density at radius 3 is 3.00 bits per heavy atom. The first-order valence-electron chi connectivity index (χ1n) is 6.72. The van der Waals surface area contributed by atoms with E-state index in [9.17, 15) is 0 Å². The number of hydrogen-bond acceptors (Lipinski definition) is 5. The van der Waals surface area contributed by atoms with E-state index < -0.39 is 0 Å². The minimum Gasteiger partial charge on any atom is -0.398 e. The third kappa shape index (κ3) is 3.02. The topological polar surface area (TPSA) is 74.2 Å². The molecule has 0 aliphatic carbocycles. The van der Waals surface area contributed by atoms with Crippen LogP contribution in [0.25, 0.3) is 11.5 Å². The van der Waals surface area contributed by atoms with Crippen molar-refractivity contribution in [3.63, 3.8) is 0 Å². The smallest absolute Gasteiger partial charge is 0.257 e. The molecule has 2 N–H and O–H groups in total. The summed E-state index contributed by atoms with van der Waals surface area (Å²) in [6.07, 6.45) is 4.33. The number of aromatic nitrogens is 2. The lowest BCUT2D eigenvalue weighted by atomic mass is 10.1. The first kappa shape index (κ1) is 13.6. The molecule has 1 fully saturated rings. The van der Waals surface area contributed by atoms with E-state index in [0.717, 1.165) is 29.5 Å². The molecule has 1 aromatic heterocycles. The van der Waals surface area contributed by atoms with Gasteiger partial charge in [0, 0.05) is 28.8 Å².